The van der Waals surface area contributed by atoms with Gasteiger partial charge in [-0.2, -0.15) is 0 Å². The molecule has 4 N–H and O–H groups in total. The van der Waals surface area contributed by atoms with Crippen molar-refractivity contribution in [3.05, 3.63) is 48.5 Å². The second-order valence-electron chi connectivity index (χ2n) is 6.08. The van der Waals surface area contributed by atoms with Gasteiger partial charge in [-0.15, -0.1) is 0 Å². The monoisotopic (exact) mass is 341 g/mol. The van der Waals surface area contributed by atoms with Gasteiger partial charge in [0.25, 0.3) is 0 Å². The summed E-state index contributed by atoms with van der Waals surface area (Å²) >= 11 is 0. The number of carbonyl (C=O) groups is 1. The molecule has 25 heavy (non-hydrogen) atoms. The molecular formula is C19H23N3O3. The van der Waals surface area contributed by atoms with Crippen LogP contribution in [0.15, 0.2) is 48.5 Å². The zero-order valence-corrected chi connectivity index (χ0v) is 14.2. The Morgan fingerprint density at radius 3 is 2.72 bits per heavy atom. The molecule has 0 aliphatic carbocycles. The van der Waals surface area contributed by atoms with Gasteiger partial charge in [0, 0.05) is 12.2 Å². The first-order valence-corrected chi connectivity index (χ1v) is 8.36. The van der Waals surface area contributed by atoms with Crippen LogP contribution >= 0.6 is 0 Å². The summed E-state index contributed by atoms with van der Waals surface area (Å²) in [5.74, 6) is 0.786. The first-order chi connectivity index (χ1) is 12.2. The zero-order chi connectivity index (χ0) is 17.6. The molecule has 0 spiro atoms. The third kappa shape index (κ3) is 4.49. The van der Waals surface area contributed by atoms with Gasteiger partial charge in [-0.3, -0.25) is 0 Å². The van der Waals surface area contributed by atoms with E-state index in [0.717, 1.165) is 23.4 Å². The maximum absolute atomic E-state index is 12.2. The highest BCUT2D eigenvalue weighted by atomic mass is 16.5. The van der Waals surface area contributed by atoms with E-state index in [1.54, 1.807) is 7.11 Å². The van der Waals surface area contributed by atoms with Gasteiger partial charge >= 0.3 is 6.03 Å². The SMILES string of the molecule is COc1cccc(-c2cccc(NC(=O)N[C@@H]3CCNC[C@H]3O)c2)c1. The second kappa shape index (κ2) is 8.00. The molecule has 0 saturated carbocycles. The summed E-state index contributed by atoms with van der Waals surface area (Å²) in [6.45, 7) is 1.28. The van der Waals surface area contributed by atoms with Gasteiger partial charge in [0.15, 0.2) is 0 Å². The first-order valence-electron chi connectivity index (χ1n) is 8.36. The molecule has 0 unspecified atom stereocenters. The molecular weight excluding hydrogens is 318 g/mol. The number of hydrogen-bond donors (Lipinski definition) is 4. The van der Waals surface area contributed by atoms with Crippen molar-refractivity contribution in [2.45, 2.75) is 18.6 Å². The number of nitrogens with one attached hydrogen (secondary N) is 3. The number of benzene rings is 2. The fourth-order valence-corrected chi connectivity index (χ4v) is 2.93. The third-order valence-electron chi connectivity index (χ3n) is 4.29. The Bertz CT molecular complexity index is 735. The molecule has 2 aromatic rings. The Labute approximate surface area is 147 Å². The molecule has 1 fully saturated rings. The molecule has 2 amide bonds. The quantitative estimate of drug-likeness (QED) is 0.687. The zero-order valence-electron chi connectivity index (χ0n) is 14.2. The molecule has 1 aliphatic rings. The number of β-amino-alcohol motifs (C(OH)–C–C–N with tert-alkyl or cyclic N) is 1. The molecule has 0 radical (unpaired) electrons. The van der Waals surface area contributed by atoms with E-state index in [4.69, 9.17) is 4.74 Å². The minimum absolute atomic E-state index is 0.234. The number of ether oxygens (including phenoxy) is 1. The normalized spacial score (nSPS) is 19.9. The molecule has 2 aromatic carbocycles. The van der Waals surface area contributed by atoms with Crippen molar-refractivity contribution in [2.24, 2.45) is 0 Å². The molecule has 0 aromatic heterocycles. The summed E-state index contributed by atoms with van der Waals surface area (Å²) in [6.07, 6.45) is 0.140. The van der Waals surface area contributed by atoms with Crippen LogP contribution in [0.4, 0.5) is 10.5 Å². The summed E-state index contributed by atoms with van der Waals surface area (Å²) in [5, 5.41) is 18.7. The maximum atomic E-state index is 12.2. The Morgan fingerprint density at radius 1 is 1.20 bits per heavy atom. The van der Waals surface area contributed by atoms with Gasteiger partial charge in [0.2, 0.25) is 0 Å². The van der Waals surface area contributed by atoms with E-state index in [9.17, 15) is 9.90 Å². The fraction of sp³-hybridized carbons (Fsp3) is 0.316. The molecule has 1 heterocycles. The molecule has 0 bridgehead atoms. The van der Waals surface area contributed by atoms with E-state index in [2.05, 4.69) is 16.0 Å². The highest BCUT2D eigenvalue weighted by Gasteiger charge is 2.24. The fourth-order valence-electron chi connectivity index (χ4n) is 2.93. The van der Waals surface area contributed by atoms with Crippen molar-refractivity contribution in [3.63, 3.8) is 0 Å². The van der Waals surface area contributed by atoms with Crippen LogP contribution in [0, 0.1) is 0 Å². The average Bonchev–Trinajstić information content (AvgIpc) is 2.64. The number of aliphatic hydroxyl groups is 1. The lowest BCUT2D eigenvalue weighted by atomic mass is 10.0. The molecule has 6 nitrogen and oxygen atoms in total. The summed E-state index contributed by atoms with van der Waals surface area (Å²) in [6, 6.07) is 14.8. The van der Waals surface area contributed by atoms with Crippen LogP contribution < -0.4 is 20.7 Å². The van der Waals surface area contributed by atoms with Crippen LogP contribution in [0.2, 0.25) is 0 Å². The Kier molecular flexibility index (Phi) is 5.53. The van der Waals surface area contributed by atoms with E-state index in [1.165, 1.54) is 0 Å². The molecule has 1 saturated heterocycles. The van der Waals surface area contributed by atoms with Gasteiger partial charge in [-0.1, -0.05) is 24.3 Å². The highest BCUT2D eigenvalue weighted by Crippen LogP contribution is 2.26. The standard InChI is InChI=1S/C19H23N3O3/c1-25-16-7-3-5-14(11-16)13-4-2-6-15(10-13)21-19(24)22-17-8-9-20-12-18(17)23/h2-7,10-11,17-18,20,23H,8-9,12H2,1H3,(H2,21,22,24)/t17-,18-/m1/s1. The number of carbonyl (C=O) groups excluding carboxylic acids is 1. The number of methoxy groups -OCH3 is 1. The van der Waals surface area contributed by atoms with Gasteiger partial charge in [0.05, 0.1) is 19.3 Å². The van der Waals surface area contributed by atoms with Gasteiger partial charge in [-0.25, -0.2) is 4.79 Å². The summed E-state index contributed by atoms with van der Waals surface area (Å²) < 4.78 is 5.26. The predicted octanol–water partition coefficient (Wildman–Crippen LogP) is 2.21. The number of hydrogen-bond acceptors (Lipinski definition) is 4. The Balaban J connectivity index is 1.67. The Morgan fingerprint density at radius 2 is 1.96 bits per heavy atom. The van der Waals surface area contributed by atoms with E-state index in [0.29, 0.717) is 18.7 Å². The lowest BCUT2D eigenvalue weighted by molar-refractivity contribution is 0.107. The van der Waals surface area contributed by atoms with Crippen molar-refractivity contribution < 1.29 is 14.6 Å². The van der Waals surface area contributed by atoms with Crippen molar-refractivity contribution >= 4 is 11.7 Å². The van der Waals surface area contributed by atoms with Crippen molar-refractivity contribution in [3.8, 4) is 16.9 Å². The van der Waals surface area contributed by atoms with E-state index >= 15 is 0 Å². The molecule has 1 aliphatic heterocycles. The minimum Gasteiger partial charge on any atom is -0.497 e. The molecule has 3 rings (SSSR count). The first kappa shape index (κ1) is 17.3. The topological polar surface area (TPSA) is 82.6 Å². The Hall–Kier alpha value is -2.57. The number of urea groups is 1. The van der Waals surface area contributed by atoms with Crippen LogP contribution in [0.5, 0.6) is 5.75 Å². The number of anilines is 1. The predicted molar refractivity (Wildman–Crippen MR) is 97.9 cm³/mol. The van der Waals surface area contributed by atoms with Crippen LogP contribution in [-0.4, -0.2) is 43.5 Å². The summed E-state index contributed by atoms with van der Waals surface area (Å²) in [4.78, 5) is 12.2. The maximum Gasteiger partial charge on any atom is 0.319 e. The lowest BCUT2D eigenvalue weighted by Gasteiger charge is -2.29. The van der Waals surface area contributed by atoms with Crippen LogP contribution in [-0.2, 0) is 0 Å². The molecule has 6 heteroatoms. The summed E-state index contributed by atoms with van der Waals surface area (Å²) in [5.41, 5.74) is 2.69. The number of aliphatic hydroxyl groups excluding tert-OH is 1. The van der Waals surface area contributed by atoms with Crippen molar-refractivity contribution in [1.82, 2.24) is 10.6 Å². The molecule has 2 atom stereocenters. The smallest absolute Gasteiger partial charge is 0.319 e. The minimum atomic E-state index is -0.567. The van der Waals surface area contributed by atoms with Gasteiger partial charge < -0.3 is 25.8 Å². The van der Waals surface area contributed by atoms with E-state index < -0.39 is 6.10 Å². The number of piperidine rings is 1. The van der Waals surface area contributed by atoms with Gasteiger partial charge in [0.1, 0.15) is 5.75 Å². The number of rotatable bonds is 4. The van der Waals surface area contributed by atoms with Crippen LogP contribution in [0.3, 0.4) is 0 Å². The van der Waals surface area contributed by atoms with E-state index in [-0.39, 0.29) is 12.1 Å². The van der Waals surface area contributed by atoms with Crippen LogP contribution in [0.1, 0.15) is 6.42 Å². The second-order valence-corrected chi connectivity index (χ2v) is 6.08. The van der Waals surface area contributed by atoms with Crippen molar-refractivity contribution in [1.29, 1.82) is 0 Å². The average molecular weight is 341 g/mol. The highest BCUT2D eigenvalue weighted by molar-refractivity contribution is 5.90. The number of amides is 2. The van der Waals surface area contributed by atoms with Crippen LogP contribution in [0.25, 0.3) is 11.1 Å². The lowest BCUT2D eigenvalue weighted by Crippen LogP contribution is -2.53. The van der Waals surface area contributed by atoms with Gasteiger partial charge in [-0.05, 0) is 48.4 Å². The molecule has 132 valence electrons. The summed E-state index contributed by atoms with van der Waals surface area (Å²) in [7, 11) is 1.64. The van der Waals surface area contributed by atoms with E-state index in [1.807, 2.05) is 48.5 Å². The third-order valence-corrected chi connectivity index (χ3v) is 4.29. The largest absolute Gasteiger partial charge is 0.497 e. The van der Waals surface area contributed by atoms with Crippen molar-refractivity contribution in [2.75, 3.05) is 25.5 Å².